The van der Waals surface area contributed by atoms with Crippen LogP contribution in [0.4, 0.5) is 11.4 Å². The second kappa shape index (κ2) is 10.6. The van der Waals surface area contributed by atoms with Gasteiger partial charge in [-0.15, -0.1) is 0 Å². The lowest BCUT2D eigenvalue weighted by molar-refractivity contribution is -0.135. The number of nitrogens with zero attached hydrogens (tertiary/aromatic N) is 3. The lowest BCUT2D eigenvalue weighted by Crippen LogP contribution is -2.30. The summed E-state index contributed by atoms with van der Waals surface area (Å²) in [5.41, 5.74) is 2.43. The fraction of sp³-hybridized carbons (Fsp3) is 0.292. The zero-order valence-electron chi connectivity index (χ0n) is 19.4. The molecular formula is C24H28N4O5S. The van der Waals surface area contributed by atoms with Gasteiger partial charge in [-0.25, -0.2) is 8.42 Å². The van der Waals surface area contributed by atoms with Gasteiger partial charge in [0.25, 0.3) is 5.91 Å². The smallest absolute Gasteiger partial charge is 0.309 e. The second-order valence-electron chi connectivity index (χ2n) is 7.53. The van der Waals surface area contributed by atoms with Crippen molar-refractivity contribution in [1.82, 2.24) is 4.31 Å². The normalized spacial score (nSPS) is 15.2. The number of rotatable bonds is 10. The van der Waals surface area contributed by atoms with Gasteiger partial charge in [-0.1, -0.05) is 39.0 Å². The molecule has 0 fully saturated rings. The van der Waals surface area contributed by atoms with Gasteiger partial charge in [0.15, 0.2) is 0 Å². The number of nitrogens with one attached hydrogen (secondary N) is 1. The number of hydrazone groups is 1. The number of carbonyl (C=O) groups excluding carboxylic acids is 1. The molecule has 2 aromatic rings. The van der Waals surface area contributed by atoms with Gasteiger partial charge in [-0.3, -0.25) is 9.59 Å². The molecule has 0 atom stereocenters. The number of carboxylic acids is 1. The van der Waals surface area contributed by atoms with E-state index in [4.69, 9.17) is 0 Å². The average molecular weight is 485 g/mol. The SMILES string of the molecule is CCc1ccccc1NC=C1C(=O)N(c2ccc(S(=O)(=O)N(CC)CC)cc2)N=C1CC(=O)O. The summed E-state index contributed by atoms with van der Waals surface area (Å²) in [7, 11) is -3.64. The number of carboxylic acid groups (broad SMARTS) is 1. The Hall–Kier alpha value is -3.50. The number of amides is 1. The van der Waals surface area contributed by atoms with Crippen LogP contribution in [0.25, 0.3) is 0 Å². The molecule has 0 spiro atoms. The van der Waals surface area contributed by atoms with Gasteiger partial charge in [0.1, 0.15) is 0 Å². The van der Waals surface area contributed by atoms with Crippen molar-refractivity contribution in [1.29, 1.82) is 0 Å². The van der Waals surface area contributed by atoms with Crippen molar-refractivity contribution < 1.29 is 23.1 Å². The van der Waals surface area contributed by atoms with Crippen molar-refractivity contribution in [2.45, 2.75) is 38.5 Å². The molecule has 1 amide bonds. The molecule has 2 aromatic carbocycles. The highest BCUT2D eigenvalue weighted by Crippen LogP contribution is 2.27. The topological polar surface area (TPSA) is 119 Å². The molecule has 0 saturated heterocycles. The number of anilines is 2. The van der Waals surface area contributed by atoms with E-state index in [-0.39, 0.29) is 16.2 Å². The fourth-order valence-electron chi connectivity index (χ4n) is 3.64. The highest BCUT2D eigenvalue weighted by atomic mass is 32.2. The number of aliphatic carboxylic acids is 1. The van der Waals surface area contributed by atoms with Crippen molar-refractivity contribution in [2.75, 3.05) is 23.4 Å². The van der Waals surface area contributed by atoms with Crippen LogP contribution in [0.1, 0.15) is 32.8 Å². The third-order valence-electron chi connectivity index (χ3n) is 5.47. The Balaban J connectivity index is 1.91. The molecule has 180 valence electrons. The second-order valence-corrected chi connectivity index (χ2v) is 9.47. The third kappa shape index (κ3) is 5.18. The summed E-state index contributed by atoms with van der Waals surface area (Å²) < 4.78 is 26.8. The number of carbonyl (C=O) groups is 2. The van der Waals surface area contributed by atoms with Crippen molar-refractivity contribution in [2.24, 2.45) is 5.10 Å². The highest BCUT2D eigenvalue weighted by Gasteiger charge is 2.33. The number of hydrogen-bond acceptors (Lipinski definition) is 6. The third-order valence-corrected chi connectivity index (χ3v) is 7.53. The van der Waals surface area contributed by atoms with Gasteiger partial charge in [-0.05, 0) is 42.3 Å². The molecule has 0 radical (unpaired) electrons. The molecule has 0 aromatic heterocycles. The molecule has 1 heterocycles. The summed E-state index contributed by atoms with van der Waals surface area (Å²) in [6.45, 7) is 6.22. The van der Waals surface area contributed by atoms with Crippen LogP contribution in [-0.2, 0) is 26.0 Å². The molecule has 1 aliphatic heterocycles. The summed E-state index contributed by atoms with van der Waals surface area (Å²) >= 11 is 0. The van der Waals surface area contributed by atoms with Gasteiger partial charge in [0, 0.05) is 25.0 Å². The van der Waals surface area contributed by atoms with Gasteiger partial charge in [-0.2, -0.15) is 14.4 Å². The van der Waals surface area contributed by atoms with E-state index in [1.165, 1.54) is 34.8 Å². The molecule has 0 saturated carbocycles. The first-order valence-electron chi connectivity index (χ1n) is 11.0. The maximum absolute atomic E-state index is 13.1. The Morgan fingerprint density at radius 3 is 2.32 bits per heavy atom. The van der Waals surface area contributed by atoms with E-state index in [1.54, 1.807) is 13.8 Å². The summed E-state index contributed by atoms with van der Waals surface area (Å²) in [6.07, 6.45) is 1.82. The maximum Gasteiger partial charge on any atom is 0.309 e. The molecule has 3 rings (SSSR count). The van der Waals surface area contributed by atoms with Crippen LogP contribution in [-0.4, -0.2) is 48.5 Å². The minimum Gasteiger partial charge on any atom is -0.481 e. The predicted molar refractivity (Wildman–Crippen MR) is 131 cm³/mol. The Morgan fingerprint density at radius 1 is 1.09 bits per heavy atom. The van der Waals surface area contributed by atoms with Crippen LogP contribution >= 0.6 is 0 Å². The number of hydrogen-bond donors (Lipinski definition) is 2. The van der Waals surface area contributed by atoms with E-state index in [2.05, 4.69) is 10.4 Å². The highest BCUT2D eigenvalue weighted by molar-refractivity contribution is 7.89. The Labute approximate surface area is 199 Å². The largest absolute Gasteiger partial charge is 0.481 e. The van der Waals surface area contributed by atoms with Crippen LogP contribution in [0, 0.1) is 0 Å². The molecule has 1 aliphatic rings. The molecule has 10 heteroatoms. The van der Waals surface area contributed by atoms with E-state index < -0.39 is 28.3 Å². The lowest BCUT2D eigenvalue weighted by Gasteiger charge is -2.19. The van der Waals surface area contributed by atoms with Crippen molar-refractivity contribution in [3.05, 3.63) is 65.9 Å². The first-order chi connectivity index (χ1) is 16.2. The molecular weight excluding hydrogens is 456 g/mol. The zero-order valence-corrected chi connectivity index (χ0v) is 20.2. The van der Waals surface area contributed by atoms with Gasteiger partial charge in [0.2, 0.25) is 10.0 Å². The first kappa shape index (κ1) is 25.1. The number of benzene rings is 2. The monoisotopic (exact) mass is 484 g/mol. The van der Waals surface area contributed by atoms with Crippen LogP contribution in [0.2, 0.25) is 0 Å². The van der Waals surface area contributed by atoms with Gasteiger partial charge in [0.05, 0.1) is 28.3 Å². The number of sulfonamides is 1. The van der Waals surface area contributed by atoms with Gasteiger partial charge >= 0.3 is 5.97 Å². The molecule has 0 unspecified atom stereocenters. The zero-order chi connectivity index (χ0) is 24.9. The fourth-order valence-corrected chi connectivity index (χ4v) is 5.10. The standard InChI is InChI=1S/C24H28N4O5S/c1-4-17-9-7-8-10-21(17)25-16-20-22(15-23(29)30)26-28(24(20)31)18-11-13-19(14-12-18)34(32,33)27(5-2)6-3/h7-14,16,25H,4-6,15H2,1-3H3,(H,29,30). The summed E-state index contributed by atoms with van der Waals surface area (Å²) in [5, 5.41) is 17.7. The number of para-hydroxylation sites is 1. The minimum absolute atomic E-state index is 0.106. The molecule has 34 heavy (non-hydrogen) atoms. The molecule has 0 bridgehead atoms. The Bertz CT molecular complexity index is 1230. The summed E-state index contributed by atoms with van der Waals surface area (Å²) in [6, 6.07) is 13.4. The van der Waals surface area contributed by atoms with Crippen molar-refractivity contribution in [3.8, 4) is 0 Å². The quantitative estimate of drug-likeness (QED) is 0.499. The van der Waals surface area contributed by atoms with E-state index in [0.717, 1.165) is 22.7 Å². The molecule has 0 aliphatic carbocycles. The van der Waals surface area contributed by atoms with E-state index in [0.29, 0.717) is 18.8 Å². The minimum atomic E-state index is -3.64. The molecule has 2 N–H and O–H groups in total. The molecule has 9 nitrogen and oxygen atoms in total. The van der Waals surface area contributed by atoms with Crippen molar-refractivity contribution in [3.63, 3.8) is 0 Å². The summed E-state index contributed by atoms with van der Waals surface area (Å²) in [5.74, 6) is -1.62. The maximum atomic E-state index is 13.1. The van der Waals surface area contributed by atoms with Gasteiger partial charge < -0.3 is 10.4 Å². The Morgan fingerprint density at radius 2 is 1.74 bits per heavy atom. The first-order valence-corrected chi connectivity index (χ1v) is 12.5. The Kier molecular flexibility index (Phi) is 7.85. The van der Waals surface area contributed by atoms with E-state index in [1.807, 2.05) is 31.2 Å². The lowest BCUT2D eigenvalue weighted by atomic mass is 10.1. The van der Waals surface area contributed by atoms with Crippen molar-refractivity contribution >= 4 is 39.0 Å². The van der Waals surface area contributed by atoms with E-state index in [9.17, 15) is 23.1 Å². The number of aryl methyl sites for hydroxylation is 1. The van der Waals surface area contributed by atoms with Crippen LogP contribution in [0.3, 0.4) is 0 Å². The van der Waals surface area contributed by atoms with E-state index >= 15 is 0 Å². The summed E-state index contributed by atoms with van der Waals surface area (Å²) in [4.78, 5) is 24.6. The van der Waals surface area contributed by atoms with Crippen LogP contribution in [0.5, 0.6) is 0 Å². The predicted octanol–water partition coefficient (Wildman–Crippen LogP) is 3.45. The van der Waals surface area contributed by atoms with Crippen LogP contribution < -0.4 is 10.3 Å². The average Bonchev–Trinajstić information content (AvgIpc) is 3.12. The van der Waals surface area contributed by atoms with Crippen LogP contribution in [0.15, 0.2) is 70.3 Å².